The highest BCUT2D eigenvalue weighted by molar-refractivity contribution is 7.92. The number of likely N-dealkylation sites (tertiary alicyclic amines) is 1. The minimum Gasteiger partial charge on any atom is -0.285 e. The lowest BCUT2D eigenvalue weighted by Gasteiger charge is -2.39. The molecule has 0 aromatic carbocycles. The van der Waals surface area contributed by atoms with Crippen LogP contribution in [0.3, 0.4) is 0 Å². The number of imide groups is 1. The molecule has 6 heteroatoms. The van der Waals surface area contributed by atoms with Gasteiger partial charge in [0.25, 0.3) is 0 Å². The number of fused-ring (bicyclic) bond motifs is 4. The topological polar surface area (TPSA) is 71.5 Å². The third-order valence-electron chi connectivity index (χ3n) is 4.01. The first-order valence-electron chi connectivity index (χ1n) is 4.98. The molecule has 0 unspecified atom stereocenters. The molecule has 3 fully saturated rings. The molecular formula is C9H11NO4S. The number of carbonyl (C=O) groups excluding carboxylic acids is 2. The van der Waals surface area contributed by atoms with Crippen LogP contribution in [0, 0.1) is 17.8 Å². The Morgan fingerprint density at radius 3 is 2.47 bits per heavy atom. The molecular weight excluding hydrogens is 218 g/mol. The first-order chi connectivity index (χ1) is 6.95. The Morgan fingerprint density at radius 2 is 1.80 bits per heavy atom. The van der Waals surface area contributed by atoms with Crippen LogP contribution in [0.5, 0.6) is 0 Å². The Morgan fingerprint density at radius 1 is 1.20 bits per heavy atom. The lowest BCUT2D eigenvalue weighted by atomic mass is 9.65. The molecule has 2 aliphatic heterocycles. The Kier molecular flexibility index (Phi) is 1.51. The molecule has 2 saturated heterocycles. The van der Waals surface area contributed by atoms with E-state index in [2.05, 4.69) is 0 Å². The summed E-state index contributed by atoms with van der Waals surface area (Å²) in [7, 11) is -1.69. The van der Waals surface area contributed by atoms with Crippen molar-refractivity contribution in [2.75, 3.05) is 12.8 Å². The number of hydrogen-bond donors (Lipinski definition) is 0. The van der Waals surface area contributed by atoms with Crippen LogP contribution in [0.2, 0.25) is 0 Å². The number of rotatable bonds is 0. The number of amides is 2. The van der Waals surface area contributed by atoms with Gasteiger partial charge in [-0.25, -0.2) is 8.42 Å². The first-order valence-corrected chi connectivity index (χ1v) is 6.69. The Balaban J connectivity index is 2.05. The van der Waals surface area contributed by atoms with Gasteiger partial charge < -0.3 is 0 Å². The molecule has 0 N–H and O–H groups in total. The lowest BCUT2D eigenvalue weighted by molar-refractivity contribution is -0.137. The first kappa shape index (κ1) is 9.33. The van der Waals surface area contributed by atoms with E-state index < -0.39 is 21.0 Å². The van der Waals surface area contributed by atoms with Crippen molar-refractivity contribution in [3.05, 3.63) is 0 Å². The van der Waals surface area contributed by atoms with E-state index in [0.717, 1.165) is 4.90 Å². The van der Waals surface area contributed by atoms with Gasteiger partial charge in [0.1, 0.15) is 0 Å². The highest BCUT2D eigenvalue weighted by atomic mass is 32.2. The van der Waals surface area contributed by atoms with Gasteiger partial charge in [-0.1, -0.05) is 0 Å². The average molecular weight is 229 g/mol. The zero-order chi connectivity index (χ0) is 11.0. The van der Waals surface area contributed by atoms with E-state index >= 15 is 0 Å². The quantitative estimate of drug-likeness (QED) is 0.501. The number of carbonyl (C=O) groups is 2. The van der Waals surface area contributed by atoms with Gasteiger partial charge in [-0.05, 0) is 12.3 Å². The van der Waals surface area contributed by atoms with E-state index in [1.807, 2.05) is 0 Å². The van der Waals surface area contributed by atoms with Crippen LogP contribution >= 0.6 is 0 Å². The van der Waals surface area contributed by atoms with Gasteiger partial charge in [0.15, 0.2) is 9.84 Å². The second kappa shape index (κ2) is 2.42. The number of nitrogens with zero attached hydrogens (tertiary/aromatic N) is 1. The predicted octanol–water partition coefficient (Wildman–Crippen LogP) is -0.966. The van der Waals surface area contributed by atoms with E-state index in [9.17, 15) is 18.0 Å². The Hall–Kier alpha value is -0.910. The molecule has 2 heterocycles. The van der Waals surface area contributed by atoms with Crippen molar-refractivity contribution in [2.45, 2.75) is 11.7 Å². The summed E-state index contributed by atoms with van der Waals surface area (Å²) in [4.78, 5) is 24.4. The summed E-state index contributed by atoms with van der Waals surface area (Å²) in [5.41, 5.74) is 0. The third kappa shape index (κ3) is 0.867. The summed E-state index contributed by atoms with van der Waals surface area (Å²) in [6.07, 6.45) is 0.543. The van der Waals surface area contributed by atoms with Crippen molar-refractivity contribution in [3.8, 4) is 0 Å². The molecule has 0 aromatic heterocycles. The predicted molar refractivity (Wildman–Crippen MR) is 50.4 cm³/mol. The summed E-state index contributed by atoms with van der Waals surface area (Å²) in [5, 5.41) is -0.566. The second-order valence-corrected chi connectivity index (χ2v) is 6.85. The van der Waals surface area contributed by atoms with Crippen LogP contribution < -0.4 is 0 Å². The maximum absolute atomic E-state index is 11.6. The van der Waals surface area contributed by atoms with Gasteiger partial charge in [-0.15, -0.1) is 0 Å². The van der Waals surface area contributed by atoms with Crippen LogP contribution in [0.25, 0.3) is 0 Å². The van der Waals surface area contributed by atoms with Crippen molar-refractivity contribution in [1.29, 1.82) is 0 Å². The minimum atomic E-state index is -3.12. The summed E-state index contributed by atoms with van der Waals surface area (Å²) in [6, 6.07) is 0. The summed E-state index contributed by atoms with van der Waals surface area (Å²) >= 11 is 0. The van der Waals surface area contributed by atoms with Crippen LogP contribution in [-0.4, -0.2) is 43.2 Å². The SMILES string of the molecule is CN1C(=O)[C@@H]2[C@H]3CCS(=O)(=O)[C@H]3[C@@H]2C1=O. The fraction of sp³-hybridized carbons (Fsp3) is 0.778. The highest BCUT2D eigenvalue weighted by Gasteiger charge is 2.69. The zero-order valence-electron chi connectivity index (χ0n) is 8.21. The molecule has 0 radical (unpaired) electrons. The third-order valence-corrected chi connectivity index (χ3v) is 6.28. The lowest BCUT2D eigenvalue weighted by Crippen LogP contribution is -2.52. The molecule has 0 aromatic rings. The Labute approximate surface area is 87.3 Å². The van der Waals surface area contributed by atoms with Crippen molar-refractivity contribution in [3.63, 3.8) is 0 Å². The molecule has 5 nitrogen and oxygen atoms in total. The minimum absolute atomic E-state index is 0.0959. The Bertz CT molecular complexity index is 469. The molecule has 1 aliphatic carbocycles. The van der Waals surface area contributed by atoms with Gasteiger partial charge in [-0.2, -0.15) is 0 Å². The largest absolute Gasteiger partial charge is 0.285 e. The molecule has 1 saturated carbocycles. The van der Waals surface area contributed by atoms with E-state index in [1.165, 1.54) is 7.05 Å². The van der Waals surface area contributed by atoms with Crippen molar-refractivity contribution in [1.82, 2.24) is 4.90 Å². The smallest absolute Gasteiger partial charge is 0.234 e. The van der Waals surface area contributed by atoms with Crippen LogP contribution in [0.15, 0.2) is 0 Å². The van der Waals surface area contributed by atoms with E-state index in [0.29, 0.717) is 6.42 Å². The van der Waals surface area contributed by atoms with E-state index in [4.69, 9.17) is 0 Å². The molecule has 4 atom stereocenters. The average Bonchev–Trinajstić information content (AvgIpc) is 2.44. The van der Waals surface area contributed by atoms with Gasteiger partial charge in [0.05, 0.1) is 22.8 Å². The monoisotopic (exact) mass is 229 g/mol. The molecule has 2 amide bonds. The van der Waals surface area contributed by atoms with Gasteiger partial charge in [0.2, 0.25) is 11.8 Å². The normalized spacial score (nSPS) is 46.3. The van der Waals surface area contributed by atoms with Crippen LogP contribution in [0.1, 0.15) is 6.42 Å². The van der Waals surface area contributed by atoms with Gasteiger partial charge in [-0.3, -0.25) is 14.5 Å². The number of sulfone groups is 1. The zero-order valence-corrected chi connectivity index (χ0v) is 9.03. The van der Waals surface area contributed by atoms with Crippen molar-refractivity contribution >= 4 is 21.7 Å². The van der Waals surface area contributed by atoms with Crippen molar-refractivity contribution in [2.24, 2.45) is 17.8 Å². The van der Waals surface area contributed by atoms with Crippen LogP contribution in [-0.2, 0) is 19.4 Å². The molecule has 82 valence electrons. The summed E-state index contributed by atoms with van der Waals surface area (Å²) in [5.74, 6) is -1.37. The standard InChI is InChI=1S/C9H11NO4S/c1-10-8(11)5-4-2-3-15(13,14)7(4)6(5)9(10)12/h4-7H,2-3H2,1H3/t4-,5-,6-,7-/m1/s1. The summed E-state index contributed by atoms with van der Waals surface area (Å²) in [6.45, 7) is 0. The molecule has 15 heavy (non-hydrogen) atoms. The van der Waals surface area contributed by atoms with Crippen molar-refractivity contribution < 1.29 is 18.0 Å². The second-order valence-electron chi connectivity index (χ2n) is 4.57. The van der Waals surface area contributed by atoms with Crippen LogP contribution in [0.4, 0.5) is 0 Å². The summed E-state index contributed by atoms with van der Waals surface area (Å²) < 4.78 is 23.3. The highest BCUT2D eigenvalue weighted by Crippen LogP contribution is 2.55. The van der Waals surface area contributed by atoms with Gasteiger partial charge in [0, 0.05) is 7.05 Å². The molecule has 3 aliphatic rings. The maximum atomic E-state index is 11.6. The molecule has 0 bridgehead atoms. The molecule has 0 spiro atoms. The fourth-order valence-electron chi connectivity index (χ4n) is 3.25. The number of hydrogen-bond acceptors (Lipinski definition) is 4. The maximum Gasteiger partial charge on any atom is 0.234 e. The van der Waals surface area contributed by atoms with Gasteiger partial charge >= 0.3 is 0 Å². The van der Waals surface area contributed by atoms with E-state index in [-0.39, 0.29) is 29.4 Å². The molecule has 3 rings (SSSR count). The van der Waals surface area contributed by atoms with E-state index in [1.54, 1.807) is 0 Å². The fourth-order valence-corrected chi connectivity index (χ4v) is 5.70.